The summed E-state index contributed by atoms with van der Waals surface area (Å²) >= 11 is 0. The summed E-state index contributed by atoms with van der Waals surface area (Å²) in [5, 5.41) is 5.73. The van der Waals surface area contributed by atoms with Crippen molar-refractivity contribution < 1.29 is 0 Å². The van der Waals surface area contributed by atoms with Crippen LogP contribution < -0.4 is 10.5 Å². The molecule has 0 unspecified atom stereocenters. The van der Waals surface area contributed by atoms with E-state index in [0.717, 1.165) is 35.6 Å². The lowest BCUT2D eigenvalue weighted by Gasteiger charge is -2.41. The van der Waals surface area contributed by atoms with Gasteiger partial charge in [0, 0.05) is 59.8 Å². The van der Waals surface area contributed by atoms with Crippen molar-refractivity contribution in [2.24, 2.45) is 5.92 Å². The van der Waals surface area contributed by atoms with Crippen LogP contribution in [0.1, 0.15) is 5.69 Å². The molecule has 6 nitrogen and oxygen atoms in total. The molecule has 0 radical (unpaired) electrons. The monoisotopic (exact) mass is 383 g/mol. The number of fused-ring (bicyclic) bond motifs is 1. The van der Waals surface area contributed by atoms with E-state index >= 15 is 0 Å². The fraction of sp³-hybridized carbons (Fsp3) is 0.217. The molecule has 0 aliphatic carbocycles. The maximum atomic E-state index is 12.3. The number of anilines is 1. The van der Waals surface area contributed by atoms with Gasteiger partial charge in [0.2, 0.25) is 0 Å². The van der Waals surface area contributed by atoms with E-state index in [2.05, 4.69) is 38.2 Å². The topological polar surface area (TPSA) is 63.9 Å². The van der Waals surface area contributed by atoms with Gasteiger partial charge in [0.25, 0.3) is 5.56 Å². The first kappa shape index (κ1) is 17.6. The van der Waals surface area contributed by atoms with Crippen molar-refractivity contribution in [1.82, 2.24) is 19.7 Å². The van der Waals surface area contributed by atoms with Gasteiger partial charge in [-0.2, -0.15) is 5.10 Å². The highest BCUT2D eigenvalue weighted by atomic mass is 16.1. The first-order chi connectivity index (χ1) is 14.2. The average molecular weight is 383 g/mol. The minimum Gasteiger partial charge on any atom is -0.370 e. The summed E-state index contributed by atoms with van der Waals surface area (Å²) in [5.41, 5.74) is 4.87. The van der Waals surface area contributed by atoms with Crippen LogP contribution in [-0.2, 0) is 6.54 Å². The minimum atomic E-state index is -0.0682. The van der Waals surface area contributed by atoms with E-state index in [1.54, 1.807) is 29.2 Å². The zero-order chi connectivity index (χ0) is 19.8. The van der Waals surface area contributed by atoms with E-state index in [-0.39, 0.29) is 5.56 Å². The highest BCUT2D eigenvalue weighted by Crippen LogP contribution is 2.32. The van der Waals surface area contributed by atoms with Gasteiger partial charge in [-0.25, -0.2) is 4.68 Å². The number of rotatable bonds is 4. The van der Waals surface area contributed by atoms with Gasteiger partial charge < -0.3 is 4.90 Å². The fourth-order valence-corrected chi connectivity index (χ4v) is 3.92. The van der Waals surface area contributed by atoms with Crippen LogP contribution in [0.15, 0.2) is 71.8 Å². The zero-order valence-electron chi connectivity index (χ0n) is 16.2. The van der Waals surface area contributed by atoms with Crippen LogP contribution in [0.3, 0.4) is 0 Å². The largest absolute Gasteiger partial charge is 0.370 e. The smallest absolute Gasteiger partial charge is 0.266 e. The van der Waals surface area contributed by atoms with Crippen LogP contribution in [0.4, 0.5) is 5.69 Å². The van der Waals surface area contributed by atoms with Crippen LogP contribution in [-0.4, -0.2) is 32.8 Å². The number of aryl methyl sites for hydroxylation is 1. The third-order valence-corrected chi connectivity index (χ3v) is 5.38. The molecule has 0 bridgehead atoms. The van der Waals surface area contributed by atoms with E-state index in [4.69, 9.17) is 0 Å². The van der Waals surface area contributed by atoms with Gasteiger partial charge >= 0.3 is 0 Å². The SMILES string of the molecule is Cc1cc(N2CC(Cn3nc(-c4cccnc4)ccc3=O)C2)c2ccccc2n1. The van der Waals surface area contributed by atoms with Crippen molar-refractivity contribution in [3.63, 3.8) is 0 Å². The summed E-state index contributed by atoms with van der Waals surface area (Å²) in [4.78, 5) is 23.4. The normalized spacial score (nSPS) is 14.2. The second-order valence-corrected chi connectivity index (χ2v) is 7.55. The predicted octanol–water partition coefficient (Wildman–Crippen LogP) is 3.30. The van der Waals surface area contributed by atoms with Crippen LogP contribution in [0.25, 0.3) is 22.2 Å². The molecule has 1 aromatic carbocycles. The minimum absolute atomic E-state index is 0.0682. The molecule has 0 saturated carbocycles. The van der Waals surface area contributed by atoms with Gasteiger partial charge in [-0.1, -0.05) is 18.2 Å². The summed E-state index contributed by atoms with van der Waals surface area (Å²) < 4.78 is 1.58. The molecule has 1 aliphatic rings. The molecule has 0 N–H and O–H groups in total. The first-order valence-corrected chi connectivity index (χ1v) is 9.77. The Kier molecular flexibility index (Phi) is 4.31. The number of benzene rings is 1. The number of pyridine rings is 2. The van der Waals surface area contributed by atoms with Crippen molar-refractivity contribution in [3.05, 3.63) is 83.0 Å². The van der Waals surface area contributed by atoms with Gasteiger partial charge in [-0.3, -0.25) is 14.8 Å². The van der Waals surface area contributed by atoms with Gasteiger partial charge in [0.15, 0.2) is 0 Å². The maximum absolute atomic E-state index is 12.3. The molecule has 1 aliphatic heterocycles. The van der Waals surface area contributed by atoms with Crippen molar-refractivity contribution in [2.45, 2.75) is 13.5 Å². The fourth-order valence-electron chi connectivity index (χ4n) is 3.92. The van der Waals surface area contributed by atoms with Gasteiger partial charge in [-0.15, -0.1) is 0 Å². The molecular formula is C23H21N5O. The maximum Gasteiger partial charge on any atom is 0.266 e. The number of hydrogen-bond donors (Lipinski definition) is 0. The van der Waals surface area contributed by atoms with Crippen molar-refractivity contribution in [1.29, 1.82) is 0 Å². The lowest BCUT2D eigenvalue weighted by molar-refractivity contribution is 0.336. The Morgan fingerprint density at radius 3 is 2.76 bits per heavy atom. The van der Waals surface area contributed by atoms with Gasteiger partial charge in [0.1, 0.15) is 0 Å². The summed E-state index contributed by atoms with van der Waals surface area (Å²) in [6.07, 6.45) is 3.49. The highest BCUT2D eigenvalue weighted by Gasteiger charge is 2.29. The Labute approximate surface area is 168 Å². The summed E-state index contributed by atoms with van der Waals surface area (Å²) in [6, 6.07) is 17.6. The van der Waals surface area contributed by atoms with Gasteiger partial charge in [-0.05, 0) is 37.3 Å². The van der Waals surface area contributed by atoms with Crippen LogP contribution in [0.5, 0.6) is 0 Å². The third-order valence-electron chi connectivity index (χ3n) is 5.38. The van der Waals surface area contributed by atoms with E-state index in [1.807, 2.05) is 31.2 Å². The number of hydrogen-bond acceptors (Lipinski definition) is 5. The Morgan fingerprint density at radius 1 is 1.07 bits per heavy atom. The second kappa shape index (κ2) is 7.13. The molecule has 4 heterocycles. The lowest BCUT2D eigenvalue weighted by Crippen LogP contribution is -2.49. The third kappa shape index (κ3) is 3.38. The molecule has 0 amide bonds. The lowest BCUT2D eigenvalue weighted by atomic mass is 9.98. The predicted molar refractivity (Wildman–Crippen MR) is 114 cm³/mol. The molecule has 5 rings (SSSR count). The molecule has 29 heavy (non-hydrogen) atoms. The Bertz CT molecular complexity index is 1230. The van der Waals surface area contributed by atoms with Crippen LogP contribution in [0, 0.1) is 12.8 Å². The molecule has 4 aromatic rings. The van der Waals surface area contributed by atoms with Crippen LogP contribution >= 0.6 is 0 Å². The second-order valence-electron chi connectivity index (χ2n) is 7.55. The Morgan fingerprint density at radius 2 is 1.93 bits per heavy atom. The average Bonchev–Trinajstić information content (AvgIpc) is 2.71. The number of aromatic nitrogens is 4. The highest BCUT2D eigenvalue weighted by molar-refractivity contribution is 5.92. The molecule has 0 spiro atoms. The molecule has 1 saturated heterocycles. The molecular weight excluding hydrogens is 362 g/mol. The first-order valence-electron chi connectivity index (χ1n) is 9.77. The number of para-hydroxylation sites is 1. The van der Waals surface area contributed by atoms with Crippen molar-refractivity contribution >= 4 is 16.6 Å². The molecule has 6 heteroatoms. The van der Waals surface area contributed by atoms with Crippen LogP contribution in [0.2, 0.25) is 0 Å². The Hall–Kier alpha value is -3.54. The van der Waals surface area contributed by atoms with E-state index in [1.165, 1.54) is 11.1 Å². The van der Waals surface area contributed by atoms with E-state index < -0.39 is 0 Å². The zero-order valence-corrected chi connectivity index (χ0v) is 16.2. The summed E-state index contributed by atoms with van der Waals surface area (Å²) in [5.74, 6) is 0.386. The van der Waals surface area contributed by atoms with Gasteiger partial charge in [0.05, 0.1) is 17.8 Å². The van der Waals surface area contributed by atoms with E-state index in [0.29, 0.717) is 12.5 Å². The number of nitrogens with zero attached hydrogens (tertiary/aromatic N) is 5. The standard InChI is InChI=1S/C23H21N5O/c1-16-11-22(19-6-2-3-7-21(19)25-16)27-13-17(14-27)15-28-23(29)9-8-20(26-28)18-5-4-10-24-12-18/h2-12,17H,13-15H2,1H3. The molecule has 1 fully saturated rings. The summed E-state index contributed by atoms with van der Waals surface area (Å²) in [6.45, 7) is 4.45. The molecule has 3 aromatic heterocycles. The molecule has 0 atom stereocenters. The molecule has 144 valence electrons. The van der Waals surface area contributed by atoms with Crippen molar-refractivity contribution in [3.8, 4) is 11.3 Å². The quantitative estimate of drug-likeness (QED) is 0.541. The summed E-state index contributed by atoms with van der Waals surface area (Å²) in [7, 11) is 0. The van der Waals surface area contributed by atoms with E-state index in [9.17, 15) is 4.79 Å². The Balaban J connectivity index is 1.35. The van der Waals surface area contributed by atoms with Crippen molar-refractivity contribution in [2.75, 3.05) is 18.0 Å².